The molecule has 10 heavy (non-hydrogen) atoms. The summed E-state index contributed by atoms with van der Waals surface area (Å²) in [6.07, 6.45) is 4.30. The highest BCUT2D eigenvalue weighted by atomic mass is 127. The summed E-state index contributed by atoms with van der Waals surface area (Å²) >= 11 is 2.60. The van der Waals surface area contributed by atoms with Gasteiger partial charge in [-0.05, 0) is 12.8 Å². The third kappa shape index (κ3) is 1.84. The van der Waals surface area contributed by atoms with Crippen LogP contribution in [0.3, 0.4) is 0 Å². The first-order valence-electron chi connectivity index (χ1n) is 3.97. The fraction of sp³-hybridized carbons (Fsp3) is 1.00. The molecule has 1 saturated carbocycles. The van der Waals surface area contributed by atoms with Gasteiger partial charge in [0.05, 0.1) is 25.1 Å². The van der Waals surface area contributed by atoms with Crippen molar-refractivity contribution in [2.24, 2.45) is 0 Å². The lowest BCUT2D eigenvalue weighted by Gasteiger charge is -2.33. The summed E-state index contributed by atoms with van der Waals surface area (Å²) < 4.78 is 2.06. The van der Waals surface area contributed by atoms with E-state index in [9.17, 15) is 0 Å². The van der Waals surface area contributed by atoms with E-state index in [4.69, 9.17) is 0 Å². The van der Waals surface area contributed by atoms with Crippen molar-refractivity contribution in [3.63, 3.8) is 0 Å². The van der Waals surface area contributed by atoms with Gasteiger partial charge in [-0.25, -0.2) is 0 Å². The Labute approximate surface area is 77.5 Å². The van der Waals surface area contributed by atoms with Crippen LogP contribution in [0.15, 0.2) is 0 Å². The molecule has 0 aliphatic heterocycles. The van der Waals surface area contributed by atoms with Crippen LogP contribution in [0.4, 0.5) is 0 Å². The Morgan fingerprint density at radius 2 is 1.80 bits per heavy atom. The number of alkyl halides is 1. The van der Waals surface area contributed by atoms with Gasteiger partial charge in [0.2, 0.25) is 0 Å². The van der Waals surface area contributed by atoms with Crippen molar-refractivity contribution in [1.29, 1.82) is 0 Å². The molecule has 0 unspecified atom stereocenters. The van der Waals surface area contributed by atoms with Crippen LogP contribution in [0, 0.1) is 0 Å². The van der Waals surface area contributed by atoms with E-state index in [1.807, 2.05) is 0 Å². The lowest BCUT2D eigenvalue weighted by Crippen LogP contribution is -2.47. The van der Waals surface area contributed by atoms with Crippen LogP contribution in [-0.4, -0.2) is 35.6 Å². The lowest BCUT2D eigenvalue weighted by molar-refractivity contribution is -0.894. The molecule has 1 rings (SSSR count). The predicted octanol–water partition coefficient (Wildman–Crippen LogP) is 2.05. The van der Waals surface area contributed by atoms with Gasteiger partial charge < -0.3 is 4.48 Å². The standard InChI is InChI=1S/C8H17IN/c1-10(2,3)8-6-4-5-7(8)9/h7-8H,4-6H2,1-3H3/q+1/t7-,8-/m1/s1. The Bertz CT molecular complexity index is 117. The van der Waals surface area contributed by atoms with Crippen molar-refractivity contribution in [3.8, 4) is 0 Å². The zero-order valence-corrected chi connectivity index (χ0v) is 9.26. The molecule has 60 valence electrons. The quantitative estimate of drug-likeness (QED) is 0.381. The van der Waals surface area contributed by atoms with Crippen LogP contribution >= 0.6 is 22.6 Å². The molecule has 2 heteroatoms. The van der Waals surface area contributed by atoms with E-state index in [2.05, 4.69) is 43.7 Å². The summed E-state index contributed by atoms with van der Waals surface area (Å²) in [5.41, 5.74) is 0. The third-order valence-corrected chi connectivity index (χ3v) is 3.85. The summed E-state index contributed by atoms with van der Waals surface area (Å²) in [6.45, 7) is 0. The predicted molar refractivity (Wildman–Crippen MR) is 53.5 cm³/mol. The SMILES string of the molecule is C[N+](C)(C)[C@@H]1CCC[C@H]1I. The molecule has 0 N–H and O–H groups in total. The summed E-state index contributed by atoms with van der Waals surface area (Å²) in [5, 5.41) is 0. The fourth-order valence-corrected chi connectivity index (χ4v) is 3.53. The summed E-state index contributed by atoms with van der Waals surface area (Å²) in [4.78, 5) is 0. The Morgan fingerprint density at radius 3 is 2.00 bits per heavy atom. The minimum absolute atomic E-state index is 0.903. The van der Waals surface area contributed by atoms with E-state index >= 15 is 0 Å². The maximum absolute atomic E-state index is 2.60. The van der Waals surface area contributed by atoms with Crippen molar-refractivity contribution < 1.29 is 4.48 Å². The average Bonchev–Trinajstić information content (AvgIpc) is 2.11. The van der Waals surface area contributed by atoms with Crippen LogP contribution in [0.5, 0.6) is 0 Å². The Kier molecular flexibility index (Phi) is 2.61. The van der Waals surface area contributed by atoms with E-state index in [-0.39, 0.29) is 0 Å². The number of quaternary nitrogens is 1. The molecule has 1 fully saturated rings. The van der Waals surface area contributed by atoms with Crippen molar-refractivity contribution in [2.45, 2.75) is 29.2 Å². The molecular weight excluding hydrogens is 237 g/mol. The second-order valence-electron chi connectivity index (χ2n) is 4.13. The Hall–Kier alpha value is 0.690. The van der Waals surface area contributed by atoms with Gasteiger partial charge in [0.1, 0.15) is 6.04 Å². The summed E-state index contributed by atoms with van der Waals surface area (Å²) in [6, 6.07) is 0.903. The van der Waals surface area contributed by atoms with Crippen molar-refractivity contribution in [3.05, 3.63) is 0 Å². The normalized spacial score (nSPS) is 34.8. The van der Waals surface area contributed by atoms with Crippen LogP contribution < -0.4 is 0 Å². The first-order valence-corrected chi connectivity index (χ1v) is 5.21. The van der Waals surface area contributed by atoms with E-state index in [1.165, 1.54) is 19.3 Å². The number of nitrogens with zero attached hydrogens (tertiary/aromatic N) is 1. The molecule has 0 aromatic heterocycles. The van der Waals surface area contributed by atoms with E-state index in [1.54, 1.807) is 0 Å². The first kappa shape index (κ1) is 8.78. The van der Waals surface area contributed by atoms with Gasteiger partial charge in [-0.3, -0.25) is 0 Å². The highest BCUT2D eigenvalue weighted by Gasteiger charge is 2.34. The second-order valence-corrected chi connectivity index (χ2v) is 5.73. The van der Waals surface area contributed by atoms with E-state index < -0.39 is 0 Å². The monoisotopic (exact) mass is 254 g/mol. The van der Waals surface area contributed by atoms with E-state index in [0.717, 1.165) is 14.4 Å². The Morgan fingerprint density at radius 1 is 1.20 bits per heavy atom. The highest BCUT2D eigenvalue weighted by molar-refractivity contribution is 14.1. The summed E-state index contributed by atoms with van der Waals surface area (Å²) in [5.74, 6) is 0. The van der Waals surface area contributed by atoms with E-state index in [0.29, 0.717) is 0 Å². The molecule has 0 aromatic carbocycles. The topological polar surface area (TPSA) is 0 Å². The van der Waals surface area contributed by atoms with Gasteiger partial charge in [-0.2, -0.15) is 0 Å². The van der Waals surface area contributed by atoms with Crippen LogP contribution in [0.1, 0.15) is 19.3 Å². The minimum Gasteiger partial charge on any atom is -0.328 e. The molecule has 0 bridgehead atoms. The fourth-order valence-electron chi connectivity index (χ4n) is 1.77. The highest BCUT2D eigenvalue weighted by Crippen LogP contribution is 2.31. The number of halogens is 1. The largest absolute Gasteiger partial charge is 0.328 e. The number of hydrogen-bond acceptors (Lipinski definition) is 0. The average molecular weight is 254 g/mol. The first-order chi connectivity index (χ1) is 4.52. The molecule has 1 aliphatic carbocycles. The minimum atomic E-state index is 0.903. The van der Waals surface area contributed by atoms with Gasteiger partial charge in [-0.15, -0.1) is 0 Å². The van der Waals surface area contributed by atoms with Crippen LogP contribution in [-0.2, 0) is 0 Å². The molecule has 1 nitrogen and oxygen atoms in total. The maximum Gasteiger partial charge on any atom is 0.100 e. The lowest BCUT2D eigenvalue weighted by atomic mass is 10.2. The van der Waals surface area contributed by atoms with Gasteiger partial charge >= 0.3 is 0 Å². The third-order valence-electron chi connectivity index (χ3n) is 2.39. The molecule has 0 heterocycles. The molecular formula is C8H17IN+. The molecule has 1 aliphatic rings. The van der Waals surface area contributed by atoms with Gasteiger partial charge in [-0.1, -0.05) is 22.6 Å². The zero-order chi connectivity index (χ0) is 7.78. The van der Waals surface area contributed by atoms with Gasteiger partial charge in [0, 0.05) is 6.42 Å². The molecule has 0 radical (unpaired) electrons. The van der Waals surface area contributed by atoms with Gasteiger partial charge in [0.15, 0.2) is 0 Å². The molecule has 0 spiro atoms. The number of rotatable bonds is 1. The van der Waals surface area contributed by atoms with Crippen LogP contribution in [0.25, 0.3) is 0 Å². The smallest absolute Gasteiger partial charge is 0.100 e. The van der Waals surface area contributed by atoms with Crippen LogP contribution in [0.2, 0.25) is 0 Å². The van der Waals surface area contributed by atoms with Crippen molar-refractivity contribution >= 4 is 22.6 Å². The second kappa shape index (κ2) is 2.97. The molecule has 2 atom stereocenters. The molecule has 0 aromatic rings. The zero-order valence-electron chi connectivity index (χ0n) is 7.10. The Balaban J connectivity index is 2.55. The summed E-state index contributed by atoms with van der Waals surface area (Å²) in [7, 11) is 6.92. The van der Waals surface area contributed by atoms with Crippen molar-refractivity contribution in [2.75, 3.05) is 21.1 Å². The van der Waals surface area contributed by atoms with Crippen molar-refractivity contribution in [1.82, 2.24) is 0 Å². The molecule has 0 amide bonds. The van der Waals surface area contributed by atoms with Gasteiger partial charge in [0.25, 0.3) is 0 Å². The maximum atomic E-state index is 2.60. The number of hydrogen-bond donors (Lipinski definition) is 0. The molecule has 0 saturated heterocycles.